The number of amides is 1. The van der Waals surface area contributed by atoms with Crippen LogP contribution in [-0.2, 0) is 4.79 Å². The van der Waals surface area contributed by atoms with Crippen LogP contribution < -0.4 is 5.32 Å². The lowest BCUT2D eigenvalue weighted by molar-refractivity contribution is -0.270. The SMILES string of the molecule is CC(NC(=O)C(F)(F)C(F)(F)F)C1CC1. The Labute approximate surface area is 82.8 Å². The van der Waals surface area contributed by atoms with Crippen LogP contribution in [0.5, 0.6) is 0 Å². The van der Waals surface area contributed by atoms with E-state index in [1.54, 1.807) is 5.32 Å². The molecule has 1 rings (SSSR count). The highest BCUT2D eigenvalue weighted by molar-refractivity contribution is 5.84. The van der Waals surface area contributed by atoms with Gasteiger partial charge in [-0.05, 0) is 25.7 Å². The summed E-state index contributed by atoms with van der Waals surface area (Å²) in [7, 11) is 0. The molecule has 0 bridgehead atoms. The first-order valence-corrected chi connectivity index (χ1v) is 4.41. The highest BCUT2D eigenvalue weighted by Gasteiger charge is 2.63. The van der Waals surface area contributed by atoms with Crippen molar-refractivity contribution in [2.75, 3.05) is 0 Å². The van der Waals surface area contributed by atoms with Crippen molar-refractivity contribution in [2.24, 2.45) is 5.92 Å². The van der Waals surface area contributed by atoms with Crippen molar-refractivity contribution in [1.29, 1.82) is 0 Å². The molecule has 15 heavy (non-hydrogen) atoms. The highest BCUT2D eigenvalue weighted by atomic mass is 19.4. The molecule has 1 unspecified atom stereocenters. The number of halogens is 5. The van der Waals surface area contributed by atoms with Gasteiger partial charge in [-0.1, -0.05) is 0 Å². The smallest absolute Gasteiger partial charge is 0.348 e. The molecule has 0 aromatic heterocycles. The molecular formula is C8H10F5NO. The van der Waals surface area contributed by atoms with Crippen LogP contribution in [0.15, 0.2) is 0 Å². The van der Waals surface area contributed by atoms with E-state index in [-0.39, 0.29) is 5.92 Å². The number of hydrogen-bond acceptors (Lipinski definition) is 1. The van der Waals surface area contributed by atoms with Gasteiger partial charge in [-0.15, -0.1) is 0 Å². The number of carbonyl (C=O) groups is 1. The van der Waals surface area contributed by atoms with Crippen molar-refractivity contribution >= 4 is 5.91 Å². The van der Waals surface area contributed by atoms with Crippen LogP contribution in [0.25, 0.3) is 0 Å². The Kier molecular flexibility index (Phi) is 2.93. The summed E-state index contributed by atoms with van der Waals surface area (Å²) in [5, 5.41) is 1.68. The Balaban J connectivity index is 2.58. The lowest BCUT2D eigenvalue weighted by Crippen LogP contribution is -2.52. The van der Waals surface area contributed by atoms with E-state index in [4.69, 9.17) is 0 Å². The van der Waals surface area contributed by atoms with E-state index in [1.807, 2.05) is 0 Å². The number of hydrogen-bond donors (Lipinski definition) is 1. The average Bonchev–Trinajstić information content (AvgIpc) is 2.83. The number of alkyl halides is 5. The van der Waals surface area contributed by atoms with Gasteiger partial charge in [-0.3, -0.25) is 4.79 Å². The van der Waals surface area contributed by atoms with Crippen LogP contribution in [0.2, 0.25) is 0 Å². The molecule has 0 heterocycles. The molecule has 0 spiro atoms. The normalized spacial score (nSPS) is 19.9. The van der Waals surface area contributed by atoms with Gasteiger partial charge in [0.05, 0.1) is 0 Å². The Morgan fingerprint density at radius 1 is 1.27 bits per heavy atom. The second kappa shape index (κ2) is 3.61. The molecule has 1 N–H and O–H groups in total. The fourth-order valence-electron chi connectivity index (χ4n) is 1.14. The maximum absolute atomic E-state index is 12.4. The first-order valence-electron chi connectivity index (χ1n) is 4.41. The Morgan fingerprint density at radius 2 is 1.73 bits per heavy atom. The van der Waals surface area contributed by atoms with E-state index in [0.29, 0.717) is 0 Å². The van der Waals surface area contributed by atoms with E-state index in [9.17, 15) is 26.7 Å². The van der Waals surface area contributed by atoms with Gasteiger partial charge in [-0.2, -0.15) is 22.0 Å². The molecule has 1 atom stereocenters. The summed E-state index contributed by atoms with van der Waals surface area (Å²) >= 11 is 0. The monoisotopic (exact) mass is 231 g/mol. The lowest BCUT2D eigenvalue weighted by Gasteiger charge is -2.21. The molecule has 0 aromatic rings. The molecule has 0 aromatic carbocycles. The number of nitrogens with one attached hydrogen (secondary N) is 1. The maximum Gasteiger partial charge on any atom is 0.463 e. The molecule has 7 heteroatoms. The highest BCUT2D eigenvalue weighted by Crippen LogP contribution is 2.37. The van der Waals surface area contributed by atoms with Crippen molar-refractivity contribution < 1.29 is 26.7 Å². The molecule has 0 saturated heterocycles. The minimum Gasteiger partial charge on any atom is -0.348 e. The summed E-state index contributed by atoms with van der Waals surface area (Å²) in [5.74, 6) is -7.55. The Hall–Kier alpha value is -0.880. The van der Waals surface area contributed by atoms with E-state index in [1.165, 1.54) is 6.92 Å². The molecule has 1 fully saturated rings. The van der Waals surface area contributed by atoms with E-state index in [2.05, 4.69) is 0 Å². The molecule has 1 aliphatic rings. The predicted molar refractivity (Wildman–Crippen MR) is 41.3 cm³/mol. The van der Waals surface area contributed by atoms with Crippen molar-refractivity contribution in [1.82, 2.24) is 5.32 Å². The quantitative estimate of drug-likeness (QED) is 0.740. The van der Waals surface area contributed by atoms with Crippen LogP contribution in [0.4, 0.5) is 22.0 Å². The van der Waals surface area contributed by atoms with Gasteiger partial charge in [0.15, 0.2) is 0 Å². The topological polar surface area (TPSA) is 29.1 Å². The van der Waals surface area contributed by atoms with Crippen LogP contribution in [0, 0.1) is 5.92 Å². The van der Waals surface area contributed by atoms with Crippen LogP contribution in [-0.4, -0.2) is 24.0 Å². The van der Waals surface area contributed by atoms with Crippen molar-refractivity contribution in [2.45, 2.75) is 37.9 Å². The summed E-state index contributed by atoms with van der Waals surface area (Å²) < 4.78 is 60.1. The van der Waals surface area contributed by atoms with Crippen LogP contribution >= 0.6 is 0 Å². The van der Waals surface area contributed by atoms with Gasteiger partial charge in [0.2, 0.25) is 0 Å². The molecule has 1 saturated carbocycles. The third kappa shape index (κ3) is 2.57. The molecule has 1 aliphatic carbocycles. The zero-order chi connectivity index (χ0) is 11.9. The molecule has 0 radical (unpaired) electrons. The average molecular weight is 231 g/mol. The number of rotatable bonds is 3. The molecule has 88 valence electrons. The third-order valence-electron chi connectivity index (χ3n) is 2.33. The maximum atomic E-state index is 12.4. The fourth-order valence-corrected chi connectivity index (χ4v) is 1.14. The summed E-state index contributed by atoms with van der Waals surface area (Å²) in [5.41, 5.74) is 0. The van der Waals surface area contributed by atoms with E-state index >= 15 is 0 Å². The molecular weight excluding hydrogens is 221 g/mol. The molecule has 2 nitrogen and oxygen atoms in total. The van der Waals surface area contributed by atoms with E-state index in [0.717, 1.165) is 12.8 Å². The van der Waals surface area contributed by atoms with Gasteiger partial charge < -0.3 is 5.32 Å². The van der Waals surface area contributed by atoms with Crippen LogP contribution in [0.1, 0.15) is 19.8 Å². The van der Waals surface area contributed by atoms with Crippen LogP contribution in [0.3, 0.4) is 0 Å². The third-order valence-corrected chi connectivity index (χ3v) is 2.33. The van der Waals surface area contributed by atoms with Crippen molar-refractivity contribution in [3.05, 3.63) is 0 Å². The van der Waals surface area contributed by atoms with Gasteiger partial charge in [0, 0.05) is 6.04 Å². The zero-order valence-electron chi connectivity index (χ0n) is 7.87. The lowest BCUT2D eigenvalue weighted by atomic mass is 10.2. The van der Waals surface area contributed by atoms with Gasteiger partial charge in [0.25, 0.3) is 0 Å². The second-order valence-corrected chi connectivity index (χ2v) is 3.67. The minimum absolute atomic E-state index is 0.0259. The zero-order valence-corrected chi connectivity index (χ0v) is 7.87. The van der Waals surface area contributed by atoms with Crippen molar-refractivity contribution in [3.8, 4) is 0 Å². The molecule has 1 amide bonds. The van der Waals surface area contributed by atoms with Gasteiger partial charge >= 0.3 is 18.0 Å². The van der Waals surface area contributed by atoms with Crippen molar-refractivity contribution in [3.63, 3.8) is 0 Å². The summed E-state index contributed by atoms with van der Waals surface area (Å²) in [6.07, 6.45) is -4.33. The van der Waals surface area contributed by atoms with Gasteiger partial charge in [0.1, 0.15) is 0 Å². The largest absolute Gasteiger partial charge is 0.463 e. The summed E-state index contributed by atoms with van der Waals surface area (Å²) in [6, 6.07) is -0.634. The number of carbonyl (C=O) groups excluding carboxylic acids is 1. The summed E-state index contributed by atoms with van der Waals surface area (Å²) in [4.78, 5) is 10.7. The van der Waals surface area contributed by atoms with E-state index < -0.39 is 24.0 Å². The Bertz CT molecular complexity index is 258. The minimum atomic E-state index is -5.83. The Morgan fingerprint density at radius 3 is 2.07 bits per heavy atom. The predicted octanol–water partition coefficient (Wildman–Crippen LogP) is 2.10. The fraction of sp³-hybridized carbons (Fsp3) is 0.875. The second-order valence-electron chi connectivity index (χ2n) is 3.67. The first kappa shape index (κ1) is 12.2. The molecule has 0 aliphatic heterocycles. The first-order chi connectivity index (χ1) is 6.66. The summed E-state index contributed by atoms with van der Waals surface area (Å²) in [6.45, 7) is 1.42. The standard InChI is InChI=1S/C8H10F5NO/c1-4(5-2-3-5)14-6(15)7(9,10)8(11,12)13/h4-5H,2-3H2,1H3,(H,14,15). The van der Waals surface area contributed by atoms with Gasteiger partial charge in [-0.25, -0.2) is 0 Å².